The van der Waals surface area contributed by atoms with Crippen molar-refractivity contribution in [2.24, 2.45) is 0 Å². The van der Waals surface area contributed by atoms with Gasteiger partial charge in [0.05, 0.1) is 12.7 Å². The fraction of sp³-hybridized carbons (Fsp3) is 0.100. The van der Waals surface area contributed by atoms with Crippen LogP contribution in [-0.4, -0.2) is 28.7 Å². The van der Waals surface area contributed by atoms with Crippen molar-refractivity contribution in [3.8, 4) is 0 Å². The van der Waals surface area contributed by atoms with Crippen LogP contribution in [0.4, 0.5) is 4.79 Å². The molecule has 0 spiro atoms. The van der Waals surface area contributed by atoms with E-state index < -0.39 is 6.09 Å². The molecule has 0 fully saturated rings. The summed E-state index contributed by atoms with van der Waals surface area (Å²) in [5.74, 6) is -0.300. The van der Waals surface area contributed by atoms with Gasteiger partial charge in [-0.25, -0.2) is 4.79 Å². The Morgan fingerprint density at radius 3 is 3.00 bits per heavy atom. The first kappa shape index (κ1) is 10.2. The normalized spacial score (nSPS) is 10.2. The highest BCUT2D eigenvalue weighted by molar-refractivity contribution is 6.01. The van der Waals surface area contributed by atoms with Crippen LogP contribution in [0.2, 0.25) is 0 Å². The van der Waals surface area contributed by atoms with Crippen LogP contribution in [-0.2, 0) is 0 Å². The number of benzene rings is 1. The van der Waals surface area contributed by atoms with Gasteiger partial charge in [0.1, 0.15) is 0 Å². The van der Waals surface area contributed by atoms with Gasteiger partial charge in [-0.3, -0.25) is 4.79 Å². The number of nitrogens with zero attached hydrogens (tertiary/aromatic N) is 1. The smallest absolute Gasteiger partial charge is 0.405 e. The molecule has 0 aliphatic rings. The molecule has 82 valence electrons. The minimum absolute atomic E-state index is 0.244. The molecule has 1 aromatic carbocycles. The molecule has 1 aromatic heterocycles. The Kier molecular flexibility index (Phi) is 2.55. The van der Waals surface area contributed by atoms with E-state index in [4.69, 9.17) is 9.63 Å². The van der Waals surface area contributed by atoms with Gasteiger partial charge in [-0.2, -0.15) is 0 Å². The van der Waals surface area contributed by atoms with E-state index in [0.717, 1.165) is 0 Å². The minimum atomic E-state index is -1.22. The van der Waals surface area contributed by atoms with Gasteiger partial charge in [0.15, 0.2) is 11.4 Å². The summed E-state index contributed by atoms with van der Waals surface area (Å²) in [5.41, 5.74) is 1.01. The second-order valence-electron chi connectivity index (χ2n) is 3.16. The van der Waals surface area contributed by atoms with E-state index in [-0.39, 0.29) is 12.3 Å². The lowest BCUT2D eigenvalue weighted by Gasteiger charge is -2.00. The number of ketones is 1. The topological polar surface area (TPSA) is 92.4 Å². The third kappa shape index (κ3) is 2.00. The van der Waals surface area contributed by atoms with E-state index in [1.165, 1.54) is 6.20 Å². The zero-order chi connectivity index (χ0) is 11.5. The lowest BCUT2D eigenvalue weighted by atomic mass is 10.1. The van der Waals surface area contributed by atoms with Gasteiger partial charge in [-0.15, -0.1) is 0 Å². The van der Waals surface area contributed by atoms with Crippen molar-refractivity contribution < 1.29 is 19.2 Å². The van der Waals surface area contributed by atoms with Gasteiger partial charge in [0.2, 0.25) is 0 Å². The Hall–Kier alpha value is -2.37. The van der Waals surface area contributed by atoms with E-state index in [1.54, 1.807) is 18.2 Å². The van der Waals surface area contributed by atoms with Gasteiger partial charge < -0.3 is 14.9 Å². The zero-order valence-electron chi connectivity index (χ0n) is 8.14. The molecule has 0 radical (unpaired) electrons. The van der Waals surface area contributed by atoms with Crippen LogP contribution >= 0.6 is 0 Å². The molecule has 2 aromatic rings. The summed E-state index contributed by atoms with van der Waals surface area (Å²) in [6.45, 7) is -0.244. The Labute approximate surface area is 89.8 Å². The molecule has 1 amide bonds. The number of amides is 1. The number of hydrogen-bond donors (Lipinski definition) is 2. The number of fused-ring (bicyclic) bond motifs is 1. The Morgan fingerprint density at radius 1 is 1.44 bits per heavy atom. The lowest BCUT2D eigenvalue weighted by molar-refractivity contribution is 0.0987. The average Bonchev–Trinajstić information content (AvgIpc) is 2.72. The van der Waals surface area contributed by atoms with Gasteiger partial charge in [0, 0.05) is 10.9 Å². The summed E-state index contributed by atoms with van der Waals surface area (Å²) in [7, 11) is 0. The van der Waals surface area contributed by atoms with Crippen LogP contribution in [0, 0.1) is 0 Å². The fourth-order valence-corrected chi connectivity index (χ4v) is 1.30. The predicted octanol–water partition coefficient (Wildman–Crippen LogP) is 1.28. The second-order valence-corrected chi connectivity index (χ2v) is 3.16. The van der Waals surface area contributed by atoms with Gasteiger partial charge in [0.25, 0.3) is 0 Å². The summed E-state index contributed by atoms with van der Waals surface area (Å²) in [6, 6.07) is 4.80. The van der Waals surface area contributed by atoms with Crippen LogP contribution < -0.4 is 5.32 Å². The summed E-state index contributed by atoms with van der Waals surface area (Å²) >= 11 is 0. The highest BCUT2D eigenvalue weighted by atomic mass is 16.5. The Morgan fingerprint density at radius 2 is 2.25 bits per heavy atom. The van der Waals surface area contributed by atoms with Gasteiger partial charge in [-0.1, -0.05) is 5.16 Å². The largest absolute Gasteiger partial charge is 0.465 e. The van der Waals surface area contributed by atoms with E-state index in [9.17, 15) is 9.59 Å². The van der Waals surface area contributed by atoms with Crippen LogP contribution in [0.15, 0.2) is 28.9 Å². The van der Waals surface area contributed by atoms with Crippen molar-refractivity contribution >= 4 is 22.8 Å². The molecule has 6 heteroatoms. The number of carbonyl (C=O) groups is 2. The Balaban J connectivity index is 2.19. The number of rotatable bonds is 3. The molecule has 2 rings (SSSR count). The molecule has 0 aliphatic carbocycles. The maximum atomic E-state index is 11.5. The fourth-order valence-electron chi connectivity index (χ4n) is 1.30. The summed E-state index contributed by atoms with van der Waals surface area (Å²) in [6.07, 6.45) is 0.274. The molecule has 0 saturated carbocycles. The monoisotopic (exact) mass is 220 g/mol. The van der Waals surface area contributed by atoms with Crippen LogP contribution in [0.5, 0.6) is 0 Å². The molecule has 0 aliphatic heterocycles. The second kappa shape index (κ2) is 4.01. The minimum Gasteiger partial charge on any atom is -0.465 e. The number of nitrogens with one attached hydrogen (secondary N) is 1. The van der Waals surface area contributed by atoms with Gasteiger partial charge >= 0.3 is 6.09 Å². The Bertz CT molecular complexity index is 546. The lowest BCUT2D eigenvalue weighted by Crippen LogP contribution is -2.27. The molecule has 0 saturated heterocycles. The predicted molar refractivity (Wildman–Crippen MR) is 54.4 cm³/mol. The van der Waals surface area contributed by atoms with E-state index in [2.05, 4.69) is 5.16 Å². The number of carboxylic acid groups (broad SMARTS) is 1. The first-order valence-electron chi connectivity index (χ1n) is 4.51. The number of aromatic nitrogens is 1. The molecule has 1 heterocycles. The molecular weight excluding hydrogens is 212 g/mol. The van der Waals surface area contributed by atoms with Crippen molar-refractivity contribution in [3.63, 3.8) is 0 Å². The van der Waals surface area contributed by atoms with E-state index in [0.29, 0.717) is 16.5 Å². The third-order valence-corrected chi connectivity index (χ3v) is 2.07. The van der Waals surface area contributed by atoms with Crippen LogP contribution in [0.3, 0.4) is 0 Å². The first-order chi connectivity index (χ1) is 7.66. The maximum absolute atomic E-state index is 11.5. The molecule has 16 heavy (non-hydrogen) atoms. The molecule has 0 bridgehead atoms. The number of carbonyl (C=O) groups excluding carboxylic acids is 1. The quantitative estimate of drug-likeness (QED) is 0.760. The van der Waals surface area contributed by atoms with Crippen molar-refractivity contribution in [1.82, 2.24) is 10.5 Å². The molecule has 6 nitrogen and oxygen atoms in total. The van der Waals surface area contributed by atoms with Crippen molar-refractivity contribution in [3.05, 3.63) is 30.0 Å². The zero-order valence-corrected chi connectivity index (χ0v) is 8.14. The molecule has 2 N–H and O–H groups in total. The summed E-state index contributed by atoms with van der Waals surface area (Å²) in [4.78, 5) is 21.8. The third-order valence-electron chi connectivity index (χ3n) is 2.07. The van der Waals surface area contributed by atoms with E-state index >= 15 is 0 Å². The summed E-state index contributed by atoms with van der Waals surface area (Å²) in [5, 5.41) is 14.7. The maximum Gasteiger partial charge on any atom is 0.405 e. The standard InChI is InChI=1S/C10H8N2O4/c13-8(5-11-10(14)15)6-1-2-9-7(3-6)4-12-16-9/h1-4,11H,5H2,(H,14,15). The molecule has 0 atom stereocenters. The highest BCUT2D eigenvalue weighted by Crippen LogP contribution is 2.15. The van der Waals surface area contributed by atoms with Crippen LogP contribution in [0.25, 0.3) is 11.0 Å². The molecule has 0 unspecified atom stereocenters. The average molecular weight is 220 g/mol. The highest BCUT2D eigenvalue weighted by Gasteiger charge is 2.09. The van der Waals surface area contributed by atoms with Crippen molar-refractivity contribution in [2.75, 3.05) is 6.54 Å². The van der Waals surface area contributed by atoms with Crippen molar-refractivity contribution in [2.45, 2.75) is 0 Å². The van der Waals surface area contributed by atoms with Crippen LogP contribution in [0.1, 0.15) is 10.4 Å². The van der Waals surface area contributed by atoms with Gasteiger partial charge in [-0.05, 0) is 18.2 Å². The molecular formula is C10H8N2O4. The number of Topliss-reactive ketones (excluding diaryl/α,β-unsaturated/α-hetero) is 1. The van der Waals surface area contributed by atoms with Crippen molar-refractivity contribution in [1.29, 1.82) is 0 Å². The first-order valence-corrected chi connectivity index (χ1v) is 4.51. The summed E-state index contributed by atoms with van der Waals surface area (Å²) < 4.78 is 4.88. The SMILES string of the molecule is O=C(O)NCC(=O)c1ccc2oncc2c1. The number of hydrogen-bond acceptors (Lipinski definition) is 4. The van der Waals surface area contributed by atoms with E-state index in [1.807, 2.05) is 5.32 Å².